The molecule has 29 heavy (non-hydrogen) atoms. The number of hydrogen-bond donors (Lipinski definition) is 0. The van der Waals surface area contributed by atoms with Crippen molar-refractivity contribution in [2.75, 3.05) is 44.2 Å². The van der Waals surface area contributed by atoms with Crippen LogP contribution in [0.5, 0.6) is 0 Å². The van der Waals surface area contributed by atoms with Crippen molar-refractivity contribution in [3.63, 3.8) is 0 Å². The maximum absolute atomic E-state index is 12.5. The predicted octanol–water partition coefficient (Wildman–Crippen LogP) is 2.74. The minimum atomic E-state index is -0.00228. The van der Waals surface area contributed by atoms with E-state index in [0.29, 0.717) is 24.5 Å². The summed E-state index contributed by atoms with van der Waals surface area (Å²) in [6, 6.07) is 0. The van der Waals surface area contributed by atoms with Gasteiger partial charge in [-0.1, -0.05) is 24.4 Å². The third-order valence-electron chi connectivity index (χ3n) is 6.71. The molecule has 2 aliphatic heterocycles. The molecule has 3 fully saturated rings. The van der Waals surface area contributed by atoms with Crippen LogP contribution in [0.4, 0.5) is 5.82 Å². The van der Waals surface area contributed by atoms with Crippen molar-refractivity contribution in [2.45, 2.75) is 51.4 Å². The molecular weight excluding hydrogens is 390 g/mol. The molecule has 1 aromatic rings. The van der Waals surface area contributed by atoms with E-state index in [-0.39, 0.29) is 17.2 Å². The third-order valence-corrected chi connectivity index (χ3v) is 6.90. The Balaban J connectivity index is 1.16. The number of piperazine rings is 1. The lowest BCUT2D eigenvalue weighted by Crippen LogP contribution is -2.48. The monoisotopic (exact) mass is 419 g/mol. The predicted molar refractivity (Wildman–Crippen MR) is 112 cm³/mol. The summed E-state index contributed by atoms with van der Waals surface area (Å²) in [5.74, 6) is 0.943. The molecule has 0 bridgehead atoms. The fraction of sp³-hybridized carbons (Fsp3) is 0.714. The second kappa shape index (κ2) is 8.96. The normalized spacial score (nSPS) is 22.7. The Bertz CT molecular complexity index is 724. The summed E-state index contributed by atoms with van der Waals surface area (Å²) in [5.41, 5.74) is -0.00228. The average Bonchev–Trinajstić information content (AvgIpc) is 3.14. The van der Waals surface area contributed by atoms with Crippen LogP contribution >= 0.6 is 11.6 Å². The molecule has 1 aliphatic carbocycles. The highest BCUT2D eigenvalue weighted by molar-refractivity contribution is 6.29. The number of nitrogens with zero attached hydrogens (tertiary/aromatic N) is 5. The fourth-order valence-electron chi connectivity index (χ4n) is 5.05. The molecule has 3 aliphatic rings. The van der Waals surface area contributed by atoms with Gasteiger partial charge in [-0.25, -0.2) is 4.98 Å². The number of carbonyl (C=O) groups excluding carboxylic acids is 2. The highest BCUT2D eigenvalue weighted by Crippen LogP contribution is 2.46. The lowest BCUT2D eigenvalue weighted by molar-refractivity contribution is -0.153. The van der Waals surface area contributed by atoms with Crippen molar-refractivity contribution < 1.29 is 9.59 Å². The number of anilines is 1. The van der Waals surface area contributed by atoms with Gasteiger partial charge < -0.3 is 4.90 Å². The van der Waals surface area contributed by atoms with Crippen molar-refractivity contribution >= 4 is 29.2 Å². The zero-order chi connectivity index (χ0) is 20.3. The highest BCUT2D eigenvalue weighted by atomic mass is 35.5. The Labute approximate surface area is 177 Å². The van der Waals surface area contributed by atoms with Crippen LogP contribution < -0.4 is 4.90 Å². The summed E-state index contributed by atoms with van der Waals surface area (Å²) in [6.45, 7) is 5.32. The zero-order valence-electron chi connectivity index (χ0n) is 17.0. The quantitative estimate of drug-likeness (QED) is 0.521. The molecule has 1 aromatic heterocycles. The van der Waals surface area contributed by atoms with Gasteiger partial charge in [-0.05, 0) is 37.6 Å². The van der Waals surface area contributed by atoms with Gasteiger partial charge in [0.2, 0.25) is 11.8 Å². The number of hydrogen-bond acceptors (Lipinski definition) is 6. The van der Waals surface area contributed by atoms with Crippen LogP contribution in [0.3, 0.4) is 0 Å². The molecule has 3 heterocycles. The summed E-state index contributed by atoms with van der Waals surface area (Å²) in [4.78, 5) is 39.7. The van der Waals surface area contributed by atoms with Gasteiger partial charge in [0.15, 0.2) is 0 Å². The van der Waals surface area contributed by atoms with E-state index in [1.165, 1.54) is 4.90 Å². The zero-order valence-corrected chi connectivity index (χ0v) is 17.7. The van der Waals surface area contributed by atoms with Gasteiger partial charge in [0, 0.05) is 45.6 Å². The van der Waals surface area contributed by atoms with E-state index in [9.17, 15) is 9.59 Å². The number of likely N-dealkylation sites (tertiary alicyclic amines) is 1. The van der Waals surface area contributed by atoms with Crippen LogP contribution in [0.1, 0.15) is 51.4 Å². The Morgan fingerprint density at radius 3 is 2.24 bits per heavy atom. The van der Waals surface area contributed by atoms with E-state index in [4.69, 9.17) is 11.6 Å². The molecule has 0 aromatic carbocycles. The van der Waals surface area contributed by atoms with Gasteiger partial charge in [-0.2, -0.15) is 0 Å². The first-order chi connectivity index (χ1) is 14.0. The minimum Gasteiger partial charge on any atom is -0.353 e. The van der Waals surface area contributed by atoms with Crippen LogP contribution in [0.2, 0.25) is 5.15 Å². The van der Waals surface area contributed by atoms with Crippen LogP contribution in [-0.2, 0) is 9.59 Å². The van der Waals surface area contributed by atoms with Crippen molar-refractivity contribution in [1.82, 2.24) is 19.8 Å². The van der Waals surface area contributed by atoms with Gasteiger partial charge in [0.25, 0.3) is 0 Å². The SMILES string of the molecule is O=C1CC2(CCCC2)CC(=O)N1CCCCN1CCN(c2cncc(Cl)n2)CC1. The molecule has 4 rings (SSSR count). The first-order valence-corrected chi connectivity index (χ1v) is 11.2. The van der Waals surface area contributed by atoms with Crippen molar-refractivity contribution in [3.05, 3.63) is 17.5 Å². The van der Waals surface area contributed by atoms with E-state index < -0.39 is 0 Å². The van der Waals surface area contributed by atoms with Gasteiger partial charge in [-0.15, -0.1) is 0 Å². The van der Waals surface area contributed by atoms with Crippen LogP contribution in [0.15, 0.2) is 12.4 Å². The number of carbonyl (C=O) groups is 2. The van der Waals surface area contributed by atoms with Gasteiger partial charge in [0.1, 0.15) is 11.0 Å². The Kier molecular flexibility index (Phi) is 6.35. The molecule has 0 atom stereocenters. The lowest BCUT2D eigenvalue weighted by Gasteiger charge is -2.37. The summed E-state index contributed by atoms with van der Waals surface area (Å²) in [7, 11) is 0. The minimum absolute atomic E-state index is 0.00228. The molecule has 0 N–H and O–H groups in total. The smallest absolute Gasteiger partial charge is 0.229 e. The van der Waals surface area contributed by atoms with E-state index >= 15 is 0 Å². The summed E-state index contributed by atoms with van der Waals surface area (Å²) >= 11 is 5.93. The summed E-state index contributed by atoms with van der Waals surface area (Å²) < 4.78 is 0. The number of rotatable bonds is 6. The van der Waals surface area contributed by atoms with Gasteiger partial charge >= 0.3 is 0 Å². The molecule has 7 nitrogen and oxygen atoms in total. The van der Waals surface area contributed by atoms with Gasteiger partial charge in [0.05, 0.1) is 12.4 Å². The van der Waals surface area contributed by atoms with E-state index in [2.05, 4.69) is 19.8 Å². The van der Waals surface area contributed by atoms with E-state index in [1.807, 2.05) is 0 Å². The van der Waals surface area contributed by atoms with Crippen LogP contribution in [-0.4, -0.2) is 70.9 Å². The maximum Gasteiger partial charge on any atom is 0.229 e. The van der Waals surface area contributed by atoms with E-state index in [0.717, 1.165) is 77.1 Å². The topological polar surface area (TPSA) is 69.6 Å². The second-order valence-corrected chi connectivity index (χ2v) is 9.12. The Morgan fingerprint density at radius 2 is 1.59 bits per heavy atom. The molecule has 1 spiro atoms. The fourth-order valence-corrected chi connectivity index (χ4v) is 5.20. The van der Waals surface area contributed by atoms with Crippen molar-refractivity contribution in [3.8, 4) is 0 Å². The number of aromatic nitrogens is 2. The standard InChI is InChI=1S/C21H30ClN5O2/c22-17-15-23-16-18(24-17)26-11-9-25(10-12-26)7-3-4-8-27-19(28)13-21(14-20(27)29)5-1-2-6-21/h15-16H,1-14H2. The molecule has 8 heteroatoms. The first-order valence-electron chi connectivity index (χ1n) is 10.8. The first kappa shape index (κ1) is 20.5. The number of halogens is 1. The largest absolute Gasteiger partial charge is 0.353 e. The summed E-state index contributed by atoms with van der Waals surface area (Å²) in [6.07, 6.45) is 10.8. The van der Waals surface area contributed by atoms with Crippen LogP contribution in [0, 0.1) is 5.41 Å². The Hall–Kier alpha value is -1.73. The number of unbranched alkanes of at least 4 members (excludes halogenated alkanes) is 1. The van der Waals surface area contributed by atoms with Crippen molar-refractivity contribution in [1.29, 1.82) is 0 Å². The Morgan fingerprint density at radius 1 is 0.931 bits per heavy atom. The second-order valence-electron chi connectivity index (χ2n) is 8.74. The van der Waals surface area contributed by atoms with Crippen LogP contribution in [0.25, 0.3) is 0 Å². The number of piperidine rings is 1. The maximum atomic E-state index is 12.5. The van der Waals surface area contributed by atoms with E-state index in [1.54, 1.807) is 12.4 Å². The number of amides is 2. The number of imide groups is 1. The lowest BCUT2D eigenvalue weighted by atomic mass is 9.76. The molecule has 2 saturated heterocycles. The highest BCUT2D eigenvalue weighted by Gasteiger charge is 2.44. The molecule has 0 unspecified atom stereocenters. The molecule has 0 radical (unpaired) electrons. The van der Waals surface area contributed by atoms with Crippen molar-refractivity contribution in [2.24, 2.45) is 5.41 Å². The molecule has 158 valence electrons. The summed E-state index contributed by atoms with van der Waals surface area (Å²) in [5, 5.41) is 0.422. The average molecular weight is 420 g/mol. The van der Waals surface area contributed by atoms with Gasteiger partial charge in [-0.3, -0.25) is 24.4 Å². The third kappa shape index (κ3) is 4.89. The molecular formula is C21H30ClN5O2. The molecule has 1 saturated carbocycles. The molecule has 2 amide bonds.